The Morgan fingerprint density at radius 2 is 2.31 bits per heavy atom. The summed E-state index contributed by atoms with van der Waals surface area (Å²) in [7, 11) is 0. The number of nitrogens with one attached hydrogen (secondary N) is 1. The molecule has 6 nitrogen and oxygen atoms in total. The quantitative estimate of drug-likeness (QED) is 0.466. The molecule has 3 aromatic rings. The van der Waals surface area contributed by atoms with E-state index in [1.54, 1.807) is 12.1 Å². The van der Waals surface area contributed by atoms with E-state index in [4.69, 9.17) is 11.6 Å². The zero-order valence-electron chi connectivity index (χ0n) is 7.73. The van der Waals surface area contributed by atoms with Gasteiger partial charge in [0.15, 0.2) is 0 Å². The van der Waals surface area contributed by atoms with Gasteiger partial charge in [-0.05, 0) is 17.0 Å². The van der Waals surface area contributed by atoms with Gasteiger partial charge in [-0.1, -0.05) is 11.6 Å². The van der Waals surface area contributed by atoms with Gasteiger partial charge in [-0.15, -0.1) is 0 Å². The topological polar surface area (TPSA) is 85.8 Å². The van der Waals surface area contributed by atoms with Crippen molar-refractivity contribution in [2.45, 2.75) is 0 Å². The largest absolute Gasteiger partial charge is 0.594 e. The van der Waals surface area contributed by atoms with E-state index < -0.39 is 5.63 Å². The lowest BCUT2D eigenvalue weighted by molar-refractivity contribution is -0.640. The molecule has 7 heteroatoms. The molecular weight excluding hydrogens is 234 g/mol. The highest BCUT2D eigenvalue weighted by molar-refractivity contribution is 6.31. The summed E-state index contributed by atoms with van der Waals surface area (Å²) >= 11 is 5.77. The summed E-state index contributed by atoms with van der Waals surface area (Å²) in [6, 6.07) is 4.62. The Labute approximate surface area is 92.6 Å². The number of hydrogen-bond donors (Lipinski definition) is 1. The van der Waals surface area contributed by atoms with Crippen molar-refractivity contribution in [2.24, 2.45) is 0 Å². The summed E-state index contributed by atoms with van der Waals surface area (Å²) in [6.07, 6.45) is 0. The average molecular weight is 238 g/mol. The lowest BCUT2D eigenvalue weighted by Crippen LogP contribution is -2.32. The van der Waals surface area contributed by atoms with Crippen LogP contribution in [0.25, 0.3) is 21.9 Å². The maximum atomic E-state index is 11.5. The van der Waals surface area contributed by atoms with Crippen LogP contribution in [0.2, 0.25) is 5.02 Å². The Bertz CT molecular complexity index is 762. The minimum absolute atomic E-state index is 0.120. The highest BCUT2D eigenvalue weighted by Gasteiger charge is 2.17. The standard InChI is InChI=1S/C9H4ClN3O3/c10-4-1-2-5-6(3-4)13(15)11-8-7(5)9(14)16-12-8/h1-3H,(H,11,12). The molecule has 0 bridgehead atoms. The molecular formula is C9H4ClN3O3. The molecule has 0 radical (unpaired) electrons. The molecule has 0 unspecified atom stereocenters. The van der Waals surface area contributed by atoms with Gasteiger partial charge in [0.05, 0.1) is 5.39 Å². The van der Waals surface area contributed by atoms with Crippen molar-refractivity contribution in [3.63, 3.8) is 0 Å². The van der Waals surface area contributed by atoms with Crippen molar-refractivity contribution in [3.8, 4) is 0 Å². The number of nitrogens with zero attached hydrogens (tertiary/aromatic N) is 2. The van der Waals surface area contributed by atoms with Gasteiger partial charge < -0.3 is 9.73 Å². The molecule has 2 aromatic heterocycles. The summed E-state index contributed by atoms with van der Waals surface area (Å²) in [5.41, 5.74) is -0.211. The molecule has 0 amide bonds. The maximum Gasteiger partial charge on any atom is 0.367 e. The maximum absolute atomic E-state index is 11.5. The van der Waals surface area contributed by atoms with Gasteiger partial charge in [0.2, 0.25) is 5.65 Å². The molecule has 1 N–H and O–H groups in total. The molecule has 3 rings (SSSR count). The van der Waals surface area contributed by atoms with Gasteiger partial charge in [-0.2, -0.15) is 5.16 Å². The molecule has 0 aliphatic heterocycles. The normalized spacial score (nSPS) is 11.3. The predicted octanol–water partition coefficient (Wildman–Crippen LogP) is 0.956. The lowest BCUT2D eigenvalue weighted by atomic mass is 10.2. The first kappa shape index (κ1) is 9.17. The second-order valence-electron chi connectivity index (χ2n) is 3.25. The fourth-order valence-electron chi connectivity index (χ4n) is 1.62. The van der Waals surface area contributed by atoms with Crippen molar-refractivity contribution >= 4 is 33.5 Å². The highest BCUT2D eigenvalue weighted by Crippen LogP contribution is 2.20. The van der Waals surface area contributed by atoms with Crippen LogP contribution in [0.5, 0.6) is 0 Å². The molecule has 0 fully saturated rings. The van der Waals surface area contributed by atoms with Crippen LogP contribution in [0.4, 0.5) is 0 Å². The van der Waals surface area contributed by atoms with Gasteiger partial charge in [0.25, 0.3) is 5.52 Å². The van der Waals surface area contributed by atoms with Gasteiger partial charge in [-0.3, -0.25) is 0 Å². The number of rotatable bonds is 0. The van der Waals surface area contributed by atoms with Gasteiger partial charge >= 0.3 is 5.63 Å². The average Bonchev–Trinajstić information content (AvgIpc) is 2.61. The Hall–Kier alpha value is -2.08. The van der Waals surface area contributed by atoms with Crippen molar-refractivity contribution in [3.05, 3.63) is 38.8 Å². The minimum Gasteiger partial charge on any atom is -0.594 e. The summed E-state index contributed by atoms with van der Waals surface area (Å²) < 4.78 is 4.58. The first-order chi connectivity index (χ1) is 7.66. The third-order valence-corrected chi connectivity index (χ3v) is 2.54. The van der Waals surface area contributed by atoms with E-state index in [9.17, 15) is 10.0 Å². The van der Waals surface area contributed by atoms with Gasteiger partial charge in [0.1, 0.15) is 5.39 Å². The number of aromatic amines is 1. The summed E-state index contributed by atoms with van der Waals surface area (Å²) in [5, 5.41) is 18.5. The zero-order chi connectivity index (χ0) is 11.3. The van der Waals surface area contributed by atoms with E-state index in [2.05, 4.69) is 14.8 Å². The Morgan fingerprint density at radius 3 is 3.12 bits per heavy atom. The number of halogens is 1. The van der Waals surface area contributed by atoms with Crippen LogP contribution in [0.1, 0.15) is 0 Å². The van der Waals surface area contributed by atoms with Crippen molar-refractivity contribution in [1.29, 1.82) is 0 Å². The Morgan fingerprint density at radius 1 is 1.50 bits per heavy atom. The van der Waals surface area contributed by atoms with Crippen molar-refractivity contribution in [2.75, 3.05) is 0 Å². The SMILES string of the molecule is O=c1o[nH]c2n[n+]([O-])c3cc(Cl)ccc3c12. The van der Waals surface area contributed by atoms with Crippen molar-refractivity contribution < 1.29 is 9.37 Å². The molecule has 16 heavy (non-hydrogen) atoms. The molecule has 80 valence electrons. The molecule has 2 heterocycles. The summed E-state index contributed by atoms with van der Waals surface area (Å²) in [4.78, 5) is 11.8. The lowest BCUT2D eigenvalue weighted by Gasteiger charge is -1.98. The van der Waals surface area contributed by atoms with E-state index >= 15 is 0 Å². The van der Waals surface area contributed by atoms with Crippen LogP contribution in [-0.2, 0) is 0 Å². The van der Waals surface area contributed by atoms with E-state index in [0.29, 0.717) is 15.3 Å². The minimum atomic E-state index is -0.560. The van der Waals surface area contributed by atoms with Crippen LogP contribution in [0.15, 0.2) is 27.5 Å². The molecule has 0 atom stereocenters. The van der Waals surface area contributed by atoms with Gasteiger partial charge in [-0.25, -0.2) is 4.79 Å². The van der Waals surface area contributed by atoms with Crippen LogP contribution < -0.4 is 10.5 Å². The highest BCUT2D eigenvalue weighted by atomic mass is 35.5. The fourth-order valence-corrected chi connectivity index (χ4v) is 1.79. The molecule has 0 spiro atoms. The first-order valence-corrected chi connectivity index (χ1v) is 4.75. The number of benzene rings is 1. The van der Waals surface area contributed by atoms with E-state index in [0.717, 1.165) is 0 Å². The fraction of sp³-hybridized carbons (Fsp3) is 0. The van der Waals surface area contributed by atoms with Crippen molar-refractivity contribution in [1.82, 2.24) is 10.3 Å². The van der Waals surface area contributed by atoms with Crippen LogP contribution in [-0.4, -0.2) is 10.3 Å². The predicted molar refractivity (Wildman–Crippen MR) is 56.1 cm³/mol. The monoisotopic (exact) mass is 237 g/mol. The molecule has 1 aromatic carbocycles. The molecule has 0 aliphatic rings. The summed E-state index contributed by atoms with van der Waals surface area (Å²) in [5.74, 6) is 0. The third kappa shape index (κ3) is 1.10. The van der Waals surface area contributed by atoms with Gasteiger partial charge in [0, 0.05) is 16.2 Å². The van der Waals surface area contributed by atoms with E-state index in [1.165, 1.54) is 6.07 Å². The Kier molecular flexibility index (Phi) is 1.69. The second kappa shape index (κ2) is 2.96. The first-order valence-electron chi connectivity index (χ1n) is 4.37. The third-order valence-electron chi connectivity index (χ3n) is 2.31. The van der Waals surface area contributed by atoms with Crippen LogP contribution >= 0.6 is 11.6 Å². The number of hydrogen-bond acceptors (Lipinski definition) is 4. The van der Waals surface area contributed by atoms with E-state index in [1.807, 2.05) is 0 Å². The number of aromatic nitrogens is 3. The van der Waals surface area contributed by atoms with Crippen LogP contribution in [0, 0.1) is 5.21 Å². The molecule has 0 aliphatic carbocycles. The zero-order valence-corrected chi connectivity index (χ0v) is 8.49. The number of fused-ring (bicyclic) bond motifs is 3. The molecule has 0 saturated carbocycles. The van der Waals surface area contributed by atoms with E-state index in [-0.39, 0.29) is 16.6 Å². The smallest absolute Gasteiger partial charge is 0.367 e. The van der Waals surface area contributed by atoms with Crippen LogP contribution in [0.3, 0.4) is 0 Å². The number of H-pyrrole nitrogens is 1. The second-order valence-corrected chi connectivity index (χ2v) is 3.69. The Balaban J connectivity index is 2.68. The molecule has 0 saturated heterocycles. The summed E-state index contributed by atoms with van der Waals surface area (Å²) in [6.45, 7) is 0.